The Morgan fingerprint density at radius 2 is 1.95 bits per heavy atom. The van der Waals surface area contributed by atoms with Gasteiger partial charge in [0.05, 0.1) is 18.3 Å². The summed E-state index contributed by atoms with van der Waals surface area (Å²) in [4.78, 5) is 2.53. The Balaban J connectivity index is 2.09. The molecule has 1 heterocycles. The molecule has 0 aliphatic carbocycles. The second-order valence-electron chi connectivity index (χ2n) is 6.60. The summed E-state index contributed by atoms with van der Waals surface area (Å²) < 4.78 is 5.58. The quantitative estimate of drug-likeness (QED) is 0.739. The minimum absolute atomic E-state index is 0.174. The average molecular weight is 272 g/mol. The summed E-state index contributed by atoms with van der Waals surface area (Å²) in [6, 6.07) is 0.553. The van der Waals surface area contributed by atoms with Crippen LogP contribution in [0.25, 0.3) is 0 Å². The first kappa shape index (κ1) is 16.9. The molecule has 2 N–H and O–H groups in total. The van der Waals surface area contributed by atoms with Gasteiger partial charge in [0.15, 0.2) is 0 Å². The van der Waals surface area contributed by atoms with Crippen molar-refractivity contribution in [3.63, 3.8) is 0 Å². The van der Waals surface area contributed by atoms with E-state index >= 15 is 0 Å². The first-order valence-electron chi connectivity index (χ1n) is 7.68. The van der Waals surface area contributed by atoms with E-state index in [1.807, 2.05) is 20.8 Å². The molecule has 1 unspecified atom stereocenters. The first-order chi connectivity index (χ1) is 8.90. The second-order valence-corrected chi connectivity index (χ2v) is 6.60. The van der Waals surface area contributed by atoms with Crippen LogP contribution in [0.4, 0.5) is 0 Å². The number of hydrogen-bond acceptors (Lipinski definition) is 4. The minimum atomic E-state index is -0.409. The van der Waals surface area contributed by atoms with E-state index in [-0.39, 0.29) is 5.60 Å². The lowest BCUT2D eigenvalue weighted by molar-refractivity contribution is -0.0486. The van der Waals surface area contributed by atoms with Crippen LogP contribution in [0.2, 0.25) is 0 Å². The van der Waals surface area contributed by atoms with Gasteiger partial charge in [-0.1, -0.05) is 6.92 Å². The molecular weight excluding hydrogens is 240 g/mol. The Morgan fingerprint density at radius 1 is 1.32 bits per heavy atom. The summed E-state index contributed by atoms with van der Waals surface area (Å²) in [6.45, 7) is 12.9. The number of piperidine rings is 1. The van der Waals surface area contributed by atoms with Gasteiger partial charge < -0.3 is 20.1 Å². The smallest absolute Gasteiger partial charge is 0.0898 e. The summed E-state index contributed by atoms with van der Waals surface area (Å²) >= 11 is 0. The van der Waals surface area contributed by atoms with E-state index in [4.69, 9.17) is 4.74 Å². The van der Waals surface area contributed by atoms with Crippen molar-refractivity contribution < 1.29 is 9.84 Å². The van der Waals surface area contributed by atoms with Crippen molar-refractivity contribution >= 4 is 0 Å². The zero-order valence-corrected chi connectivity index (χ0v) is 13.1. The van der Waals surface area contributed by atoms with E-state index in [1.54, 1.807) is 0 Å². The average Bonchev–Trinajstić information content (AvgIpc) is 2.35. The van der Waals surface area contributed by atoms with E-state index in [0.717, 1.165) is 0 Å². The van der Waals surface area contributed by atoms with E-state index in [9.17, 15) is 5.11 Å². The summed E-state index contributed by atoms with van der Waals surface area (Å²) in [5, 5.41) is 13.3. The van der Waals surface area contributed by atoms with Gasteiger partial charge in [0.1, 0.15) is 0 Å². The largest absolute Gasteiger partial charge is 0.389 e. The van der Waals surface area contributed by atoms with Gasteiger partial charge in [-0.25, -0.2) is 0 Å². The number of nitrogens with one attached hydrogen (secondary N) is 1. The topological polar surface area (TPSA) is 44.7 Å². The van der Waals surface area contributed by atoms with E-state index in [1.165, 1.54) is 38.9 Å². The van der Waals surface area contributed by atoms with Gasteiger partial charge in [-0.3, -0.25) is 0 Å². The lowest BCUT2D eigenvalue weighted by Crippen LogP contribution is -2.45. The fraction of sp³-hybridized carbons (Fsp3) is 1.00. The van der Waals surface area contributed by atoms with Crippen molar-refractivity contribution in [1.29, 1.82) is 0 Å². The van der Waals surface area contributed by atoms with Crippen LogP contribution in [-0.4, -0.2) is 60.5 Å². The molecule has 0 radical (unpaired) electrons. The highest BCUT2D eigenvalue weighted by atomic mass is 16.5. The number of rotatable bonds is 7. The zero-order valence-electron chi connectivity index (χ0n) is 13.1. The summed E-state index contributed by atoms with van der Waals surface area (Å²) in [5.41, 5.74) is -0.174. The number of aliphatic hydroxyl groups is 1. The highest BCUT2D eigenvalue weighted by Gasteiger charge is 2.19. The molecule has 1 aliphatic heterocycles. The van der Waals surface area contributed by atoms with E-state index < -0.39 is 6.10 Å². The van der Waals surface area contributed by atoms with Crippen molar-refractivity contribution in [2.45, 2.75) is 64.7 Å². The summed E-state index contributed by atoms with van der Waals surface area (Å²) in [6.07, 6.45) is 3.20. The maximum absolute atomic E-state index is 9.88. The SMILES string of the molecule is CCCN1CCC(NCC(O)COC(C)(C)C)CC1. The van der Waals surface area contributed by atoms with Crippen molar-refractivity contribution in [2.24, 2.45) is 0 Å². The molecular formula is C15H32N2O2. The predicted octanol–water partition coefficient (Wildman–Crippen LogP) is 1.63. The van der Waals surface area contributed by atoms with Gasteiger partial charge in [0.25, 0.3) is 0 Å². The third-order valence-electron chi connectivity index (χ3n) is 3.48. The van der Waals surface area contributed by atoms with Crippen LogP contribution in [0.3, 0.4) is 0 Å². The van der Waals surface area contributed by atoms with Crippen molar-refractivity contribution in [3.8, 4) is 0 Å². The standard InChI is InChI=1S/C15H32N2O2/c1-5-8-17-9-6-13(7-10-17)16-11-14(18)12-19-15(2,3)4/h13-14,16,18H,5-12H2,1-4H3. The molecule has 1 rings (SSSR count). The van der Waals surface area contributed by atoms with Gasteiger partial charge in [-0.05, 0) is 59.7 Å². The minimum Gasteiger partial charge on any atom is -0.389 e. The summed E-state index contributed by atoms with van der Waals surface area (Å²) in [5.74, 6) is 0. The fourth-order valence-corrected chi connectivity index (χ4v) is 2.38. The third kappa shape index (κ3) is 7.88. The molecule has 114 valence electrons. The van der Waals surface area contributed by atoms with Gasteiger partial charge in [0, 0.05) is 12.6 Å². The van der Waals surface area contributed by atoms with Crippen LogP contribution in [-0.2, 0) is 4.74 Å². The van der Waals surface area contributed by atoms with Crippen LogP contribution in [0.5, 0.6) is 0 Å². The molecule has 0 aromatic rings. The van der Waals surface area contributed by atoms with Crippen LogP contribution < -0.4 is 5.32 Å². The molecule has 19 heavy (non-hydrogen) atoms. The Morgan fingerprint density at radius 3 is 2.47 bits per heavy atom. The molecule has 0 saturated carbocycles. The van der Waals surface area contributed by atoms with Crippen molar-refractivity contribution in [1.82, 2.24) is 10.2 Å². The maximum Gasteiger partial charge on any atom is 0.0898 e. The fourth-order valence-electron chi connectivity index (χ4n) is 2.38. The molecule has 0 spiro atoms. The predicted molar refractivity (Wildman–Crippen MR) is 79.5 cm³/mol. The van der Waals surface area contributed by atoms with Crippen molar-refractivity contribution in [2.75, 3.05) is 32.8 Å². The molecule has 1 saturated heterocycles. The number of aliphatic hydroxyl groups excluding tert-OH is 1. The highest BCUT2D eigenvalue weighted by molar-refractivity contribution is 4.78. The van der Waals surface area contributed by atoms with Crippen LogP contribution in [0, 0.1) is 0 Å². The van der Waals surface area contributed by atoms with E-state index in [2.05, 4.69) is 17.1 Å². The Hall–Kier alpha value is -0.160. The molecule has 1 atom stereocenters. The number of ether oxygens (including phenoxy) is 1. The molecule has 4 nitrogen and oxygen atoms in total. The van der Waals surface area contributed by atoms with Crippen molar-refractivity contribution in [3.05, 3.63) is 0 Å². The molecule has 0 aromatic carbocycles. The van der Waals surface area contributed by atoms with Crippen LogP contribution in [0.15, 0.2) is 0 Å². The van der Waals surface area contributed by atoms with Gasteiger partial charge in [-0.2, -0.15) is 0 Å². The van der Waals surface area contributed by atoms with Gasteiger partial charge in [0.2, 0.25) is 0 Å². The zero-order chi connectivity index (χ0) is 14.3. The first-order valence-corrected chi connectivity index (χ1v) is 7.68. The Bertz CT molecular complexity index is 233. The highest BCUT2D eigenvalue weighted by Crippen LogP contribution is 2.11. The number of nitrogens with zero attached hydrogens (tertiary/aromatic N) is 1. The second kappa shape index (κ2) is 8.20. The third-order valence-corrected chi connectivity index (χ3v) is 3.48. The molecule has 0 bridgehead atoms. The molecule has 4 heteroatoms. The Labute approximate surface area is 118 Å². The molecule has 0 aromatic heterocycles. The maximum atomic E-state index is 9.88. The number of likely N-dealkylation sites (tertiary alicyclic amines) is 1. The van der Waals surface area contributed by atoms with Crippen LogP contribution >= 0.6 is 0 Å². The normalized spacial score (nSPS) is 20.7. The number of hydrogen-bond donors (Lipinski definition) is 2. The van der Waals surface area contributed by atoms with Gasteiger partial charge in [-0.15, -0.1) is 0 Å². The lowest BCUT2D eigenvalue weighted by Gasteiger charge is -2.32. The monoisotopic (exact) mass is 272 g/mol. The molecule has 1 aliphatic rings. The molecule has 0 amide bonds. The lowest BCUT2D eigenvalue weighted by atomic mass is 10.0. The summed E-state index contributed by atoms with van der Waals surface area (Å²) in [7, 11) is 0. The van der Waals surface area contributed by atoms with E-state index in [0.29, 0.717) is 19.2 Å². The van der Waals surface area contributed by atoms with Crippen LogP contribution in [0.1, 0.15) is 47.0 Å². The molecule has 1 fully saturated rings. The van der Waals surface area contributed by atoms with Gasteiger partial charge >= 0.3 is 0 Å². The Kier molecular flexibility index (Phi) is 7.29.